The molecule has 0 aliphatic rings. The summed E-state index contributed by atoms with van der Waals surface area (Å²) in [5.41, 5.74) is 2.86. The summed E-state index contributed by atoms with van der Waals surface area (Å²) in [6, 6.07) is 20.3. The molecule has 3 aromatic carbocycles. The second kappa shape index (κ2) is 9.56. The first-order valence-electron chi connectivity index (χ1n) is 8.81. The molecule has 0 aliphatic carbocycles. The molecule has 6 heteroatoms. The maximum Gasteiger partial charge on any atom is 0.338 e. The summed E-state index contributed by atoms with van der Waals surface area (Å²) < 4.78 is 16.4. The van der Waals surface area contributed by atoms with Crippen LogP contribution in [0.15, 0.2) is 66.7 Å². The van der Waals surface area contributed by atoms with Crippen molar-refractivity contribution in [1.29, 1.82) is 0 Å². The molecular weight excluding hydrogens is 483 g/mol. The second-order valence-electron chi connectivity index (χ2n) is 6.14. The van der Waals surface area contributed by atoms with Gasteiger partial charge in [0, 0.05) is 5.56 Å². The zero-order valence-corrected chi connectivity index (χ0v) is 18.1. The van der Waals surface area contributed by atoms with Crippen LogP contribution in [0.4, 0.5) is 0 Å². The lowest BCUT2D eigenvalue weighted by Crippen LogP contribution is -2.14. The summed E-state index contributed by atoms with van der Waals surface area (Å²) in [4.78, 5) is 24.8. The maximum absolute atomic E-state index is 12.4. The number of rotatable bonds is 7. The second-order valence-corrected chi connectivity index (χ2v) is 7.30. The lowest BCUT2D eigenvalue weighted by atomic mass is 10.0. The summed E-state index contributed by atoms with van der Waals surface area (Å²) in [5.74, 6) is 0.0969. The van der Waals surface area contributed by atoms with E-state index >= 15 is 0 Å². The van der Waals surface area contributed by atoms with Crippen LogP contribution in [0, 0.1) is 3.57 Å². The third-order valence-corrected chi connectivity index (χ3v) is 5.12. The third kappa shape index (κ3) is 4.95. The SMILES string of the molecule is COc1cc(C(=O)OCC(=O)c2ccc(-c3ccccc3)cc2)cc(I)c1OC. The van der Waals surface area contributed by atoms with Crippen LogP contribution >= 0.6 is 22.6 Å². The number of carbonyl (C=O) groups is 2. The van der Waals surface area contributed by atoms with Gasteiger partial charge in [-0.2, -0.15) is 0 Å². The quantitative estimate of drug-likeness (QED) is 0.258. The molecule has 0 spiro atoms. The first-order valence-corrected chi connectivity index (χ1v) is 9.88. The van der Waals surface area contributed by atoms with Crippen LogP contribution in [-0.2, 0) is 4.74 Å². The van der Waals surface area contributed by atoms with E-state index in [1.807, 2.05) is 65.1 Å². The van der Waals surface area contributed by atoms with Gasteiger partial charge in [0.2, 0.25) is 0 Å². The van der Waals surface area contributed by atoms with Gasteiger partial charge in [-0.1, -0.05) is 54.6 Å². The van der Waals surface area contributed by atoms with Gasteiger partial charge >= 0.3 is 5.97 Å². The maximum atomic E-state index is 12.4. The zero-order chi connectivity index (χ0) is 20.8. The van der Waals surface area contributed by atoms with Crippen LogP contribution in [0.25, 0.3) is 11.1 Å². The average molecular weight is 502 g/mol. The highest BCUT2D eigenvalue weighted by Crippen LogP contribution is 2.33. The van der Waals surface area contributed by atoms with Crippen molar-refractivity contribution in [2.75, 3.05) is 20.8 Å². The van der Waals surface area contributed by atoms with E-state index in [1.165, 1.54) is 20.3 Å². The van der Waals surface area contributed by atoms with Crippen molar-refractivity contribution in [3.8, 4) is 22.6 Å². The number of ether oxygens (including phenoxy) is 3. The third-order valence-electron chi connectivity index (χ3n) is 4.32. The molecule has 5 nitrogen and oxygen atoms in total. The smallest absolute Gasteiger partial charge is 0.338 e. The molecule has 0 fully saturated rings. The normalized spacial score (nSPS) is 10.3. The van der Waals surface area contributed by atoms with E-state index in [-0.39, 0.29) is 12.4 Å². The fraction of sp³-hybridized carbons (Fsp3) is 0.130. The molecule has 3 aromatic rings. The number of halogens is 1. The van der Waals surface area contributed by atoms with Gasteiger partial charge in [-0.3, -0.25) is 4.79 Å². The summed E-state index contributed by atoms with van der Waals surface area (Å²) >= 11 is 2.05. The molecule has 0 N–H and O–H groups in total. The van der Waals surface area contributed by atoms with Crippen molar-refractivity contribution >= 4 is 34.3 Å². The van der Waals surface area contributed by atoms with E-state index in [1.54, 1.807) is 18.2 Å². The molecule has 0 heterocycles. The Labute approximate surface area is 182 Å². The molecular formula is C23H19IO5. The van der Waals surface area contributed by atoms with Gasteiger partial charge < -0.3 is 14.2 Å². The molecule has 0 aromatic heterocycles. The number of Topliss-reactive ketones (excluding diaryl/α,β-unsaturated/α-hetero) is 1. The molecule has 148 valence electrons. The van der Waals surface area contributed by atoms with Gasteiger partial charge in [-0.05, 0) is 45.9 Å². The molecule has 0 atom stereocenters. The number of ketones is 1. The Morgan fingerprint density at radius 1 is 0.828 bits per heavy atom. The zero-order valence-electron chi connectivity index (χ0n) is 16.0. The number of carbonyl (C=O) groups excluding carboxylic acids is 2. The fourth-order valence-electron chi connectivity index (χ4n) is 2.81. The van der Waals surface area contributed by atoms with Crippen LogP contribution in [0.5, 0.6) is 11.5 Å². The Morgan fingerprint density at radius 2 is 1.48 bits per heavy atom. The van der Waals surface area contributed by atoms with E-state index < -0.39 is 5.97 Å². The van der Waals surface area contributed by atoms with Gasteiger partial charge in [0.25, 0.3) is 0 Å². The monoisotopic (exact) mass is 502 g/mol. The molecule has 0 radical (unpaired) electrons. The lowest BCUT2D eigenvalue weighted by Gasteiger charge is -2.11. The van der Waals surface area contributed by atoms with Gasteiger partial charge in [0.1, 0.15) is 0 Å². The van der Waals surface area contributed by atoms with Gasteiger partial charge in [-0.15, -0.1) is 0 Å². The van der Waals surface area contributed by atoms with E-state index in [4.69, 9.17) is 14.2 Å². The summed E-state index contributed by atoms with van der Waals surface area (Å²) in [6.07, 6.45) is 0. The van der Waals surface area contributed by atoms with Gasteiger partial charge in [-0.25, -0.2) is 4.79 Å². The predicted molar refractivity (Wildman–Crippen MR) is 119 cm³/mol. The number of methoxy groups -OCH3 is 2. The number of benzene rings is 3. The Morgan fingerprint density at radius 3 is 2.10 bits per heavy atom. The Balaban J connectivity index is 1.66. The van der Waals surface area contributed by atoms with E-state index in [0.717, 1.165) is 11.1 Å². The summed E-state index contributed by atoms with van der Waals surface area (Å²) in [6.45, 7) is -0.339. The summed E-state index contributed by atoms with van der Waals surface area (Å²) in [7, 11) is 3.02. The van der Waals surface area contributed by atoms with Crippen LogP contribution in [0.1, 0.15) is 20.7 Å². The molecule has 0 aliphatic heterocycles. The highest BCUT2D eigenvalue weighted by molar-refractivity contribution is 14.1. The average Bonchev–Trinajstić information content (AvgIpc) is 2.77. The minimum atomic E-state index is -0.599. The molecule has 3 rings (SSSR count). The van der Waals surface area contributed by atoms with Crippen molar-refractivity contribution in [3.63, 3.8) is 0 Å². The van der Waals surface area contributed by atoms with Crippen LogP contribution < -0.4 is 9.47 Å². The molecule has 29 heavy (non-hydrogen) atoms. The molecule has 0 saturated carbocycles. The van der Waals surface area contributed by atoms with Crippen LogP contribution in [0.3, 0.4) is 0 Å². The minimum absolute atomic E-state index is 0.270. The standard InChI is InChI=1S/C23H19IO5/c1-27-21-13-18(12-19(24)22(21)28-2)23(26)29-14-20(25)17-10-8-16(9-11-17)15-6-4-3-5-7-15/h3-13H,14H2,1-2H3. The lowest BCUT2D eigenvalue weighted by molar-refractivity contribution is 0.0474. The predicted octanol–water partition coefficient (Wildman–Crippen LogP) is 5.02. The van der Waals surface area contributed by atoms with Gasteiger partial charge in [0.15, 0.2) is 23.9 Å². The van der Waals surface area contributed by atoms with Crippen LogP contribution in [0.2, 0.25) is 0 Å². The van der Waals surface area contributed by atoms with E-state index in [0.29, 0.717) is 26.2 Å². The number of hydrogen-bond acceptors (Lipinski definition) is 5. The molecule has 0 unspecified atom stereocenters. The Kier molecular flexibility index (Phi) is 6.87. The first kappa shape index (κ1) is 20.9. The molecule has 0 amide bonds. The Bertz CT molecular complexity index is 1010. The van der Waals surface area contributed by atoms with Crippen molar-refractivity contribution in [2.24, 2.45) is 0 Å². The number of hydrogen-bond donors (Lipinski definition) is 0. The van der Waals surface area contributed by atoms with Crippen molar-refractivity contribution in [2.45, 2.75) is 0 Å². The minimum Gasteiger partial charge on any atom is -0.493 e. The molecule has 0 saturated heterocycles. The topological polar surface area (TPSA) is 61.8 Å². The van der Waals surface area contributed by atoms with Crippen molar-refractivity contribution < 1.29 is 23.8 Å². The van der Waals surface area contributed by atoms with E-state index in [9.17, 15) is 9.59 Å². The molecule has 0 bridgehead atoms. The fourth-order valence-corrected chi connectivity index (χ4v) is 3.63. The largest absolute Gasteiger partial charge is 0.493 e. The Hall–Kier alpha value is -2.87. The van der Waals surface area contributed by atoms with E-state index in [2.05, 4.69) is 0 Å². The number of esters is 1. The highest BCUT2D eigenvalue weighted by atomic mass is 127. The van der Waals surface area contributed by atoms with Gasteiger partial charge in [0.05, 0.1) is 23.4 Å². The highest BCUT2D eigenvalue weighted by Gasteiger charge is 2.17. The summed E-state index contributed by atoms with van der Waals surface area (Å²) in [5, 5.41) is 0. The van der Waals surface area contributed by atoms with Crippen molar-refractivity contribution in [1.82, 2.24) is 0 Å². The first-order chi connectivity index (χ1) is 14.0. The van der Waals surface area contributed by atoms with Crippen molar-refractivity contribution in [3.05, 3.63) is 81.4 Å². The van der Waals surface area contributed by atoms with Crippen LogP contribution in [-0.4, -0.2) is 32.6 Å².